The summed E-state index contributed by atoms with van der Waals surface area (Å²) in [6, 6.07) is 13.7. The minimum atomic E-state index is 0.803. The van der Waals surface area contributed by atoms with E-state index < -0.39 is 0 Å². The van der Waals surface area contributed by atoms with Crippen LogP contribution < -0.4 is 4.90 Å². The summed E-state index contributed by atoms with van der Waals surface area (Å²) in [4.78, 5) is 2.46. The van der Waals surface area contributed by atoms with Gasteiger partial charge in [-0.15, -0.1) is 0 Å². The summed E-state index contributed by atoms with van der Waals surface area (Å²) >= 11 is 3.84. The lowest BCUT2D eigenvalue weighted by molar-refractivity contribution is 0.123. The monoisotopic (exact) mass is 393 g/mol. The standard InChI is InChI=1S/C22H20BrNO/c1-13-11-14(2)16-4-6-18-20(24-7-9-25-10-8-24)12-19(23)17-5-3-15(13)21(16)22(17)18/h3-6,11-12H,7-10H2,1-2H3. The third kappa shape index (κ3) is 2.19. The maximum absolute atomic E-state index is 5.55. The van der Waals surface area contributed by atoms with Gasteiger partial charge in [-0.25, -0.2) is 0 Å². The Bertz CT molecular complexity index is 1090. The van der Waals surface area contributed by atoms with Crippen LogP contribution in [-0.2, 0) is 4.74 Å². The Balaban J connectivity index is 1.96. The molecule has 0 aliphatic carbocycles. The second kappa shape index (κ2) is 5.58. The highest BCUT2D eigenvalue weighted by molar-refractivity contribution is 9.10. The third-order valence-corrected chi connectivity index (χ3v) is 6.25. The molecule has 4 aromatic rings. The van der Waals surface area contributed by atoms with Gasteiger partial charge in [-0.2, -0.15) is 0 Å². The number of hydrogen-bond acceptors (Lipinski definition) is 2. The molecule has 1 heterocycles. The van der Waals surface area contributed by atoms with E-state index in [-0.39, 0.29) is 0 Å². The molecule has 0 amide bonds. The summed E-state index contributed by atoms with van der Waals surface area (Å²) in [5.41, 5.74) is 4.02. The van der Waals surface area contributed by atoms with E-state index in [2.05, 4.69) is 71.1 Å². The molecule has 2 nitrogen and oxygen atoms in total. The summed E-state index contributed by atoms with van der Waals surface area (Å²) < 4.78 is 6.73. The number of halogens is 1. The number of morpholine rings is 1. The second-order valence-electron chi connectivity index (χ2n) is 7.06. The third-order valence-electron chi connectivity index (χ3n) is 5.59. The van der Waals surface area contributed by atoms with Crippen LogP contribution in [0.2, 0.25) is 0 Å². The molecule has 1 aliphatic heterocycles. The van der Waals surface area contributed by atoms with Crippen molar-refractivity contribution in [2.75, 3.05) is 31.2 Å². The maximum atomic E-state index is 5.55. The quantitative estimate of drug-likeness (QED) is 0.379. The highest BCUT2D eigenvalue weighted by Crippen LogP contribution is 2.43. The number of hydrogen-bond donors (Lipinski definition) is 0. The number of ether oxygens (including phenoxy) is 1. The Morgan fingerprint density at radius 3 is 2.04 bits per heavy atom. The summed E-state index contributed by atoms with van der Waals surface area (Å²) in [5, 5.41) is 8.17. The van der Waals surface area contributed by atoms with Crippen molar-refractivity contribution in [2.45, 2.75) is 13.8 Å². The predicted octanol–water partition coefficient (Wildman–Crippen LogP) is 5.80. The smallest absolute Gasteiger partial charge is 0.0642 e. The molecule has 1 fully saturated rings. The topological polar surface area (TPSA) is 12.5 Å². The van der Waals surface area contributed by atoms with Crippen molar-refractivity contribution in [3.8, 4) is 0 Å². The van der Waals surface area contributed by atoms with Gasteiger partial charge in [0.2, 0.25) is 0 Å². The average molecular weight is 394 g/mol. The van der Waals surface area contributed by atoms with Crippen LogP contribution in [0.5, 0.6) is 0 Å². The van der Waals surface area contributed by atoms with Crippen molar-refractivity contribution >= 4 is 53.9 Å². The lowest BCUT2D eigenvalue weighted by Crippen LogP contribution is -2.36. The van der Waals surface area contributed by atoms with Crippen LogP contribution in [0.3, 0.4) is 0 Å². The van der Waals surface area contributed by atoms with Gasteiger partial charge < -0.3 is 9.64 Å². The van der Waals surface area contributed by atoms with Crippen LogP contribution in [0.4, 0.5) is 5.69 Å². The number of benzene rings is 4. The van der Waals surface area contributed by atoms with E-state index in [4.69, 9.17) is 4.74 Å². The first-order valence-electron chi connectivity index (χ1n) is 8.85. The van der Waals surface area contributed by atoms with Crippen LogP contribution >= 0.6 is 15.9 Å². The zero-order valence-corrected chi connectivity index (χ0v) is 16.1. The van der Waals surface area contributed by atoms with Crippen LogP contribution in [0.15, 0.2) is 40.9 Å². The van der Waals surface area contributed by atoms with Gasteiger partial charge in [0.25, 0.3) is 0 Å². The number of rotatable bonds is 1. The first kappa shape index (κ1) is 15.4. The molecule has 0 radical (unpaired) electrons. The van der Waals surface area contributed by atoms with E-state index in [0.717, 1.165) is 26.3 Å². The normalized spacial score (nSPS) is 15.7. The van der Waals surface area contributed by atoms with E-state index in [1.54, 1.807) is 0 Å². The Kier molecular flexibility index (Phi) is 3.44. The molecular weight excluding hydrogens is 374 g/mol. The minimum Gasteiger partial charge on any atom is -0.378 e. The van der Waals surface area contributed by atoms with E-state index >= 15 is 0 Å². The van der Waals surface area contributed by atoms with Crippen LogP contribution in [0.1, 0.15) is 11.1 Å². The molecule has 0 saturated carbocycles. The van der Waals surface area contributed by atoms with Gasteiger partial charge in [-0.3, -0.25) is 0 Å². The largest absolute Gasteiger partial charge is 0.378 e. The fraction of sp³-hybridized carbons (Fsp3) is 0.273. The molecule has 126 valence electrons. The van der Waals surface area contributed by atoms with E-state index in [1.807, 2.05) is 0 Å². The molecular formula is C22H20BrNO. The minimum absolute atomic E-state index is 0.803. The van der Waals surface area contributed by atoms with Gasteiger partial charge in [-0.05, 0) is 52.6 Å². The molecule has 5 rings (SSSR count). The van der Waals surface area contributed by atoms with Crippen LogP contribution in [0, 0.1) is 13.8 Å². The predicted molar refractivity (Wildman–Crippen MR) is 110 cm³/mol. The zero-order chi connectivity index (χ0) is 17.1. The Hall–Kier alpha value is -1.84. The fourth-order valence-electron chi connectivity index (χ4n) is 4.39. The van der Waals surface area contributed by atoms with Crippen molar-refractivity contribution in [1.29, 1.82) is 0 Å². The molecule has 0 aromatic heterocycles. The summed E-state index contributed by atoms with van der Waals surface area (Å²) in [6.45, 7) is 7.95. The Labute approximate surface area is 155 Å². The molecule has 0 atom stereocenters. The summed E-state index contributed by atoms with van der Waals surface area (Å²) in [5.74, 6) is 0. The van der Waals surface area contributed by atoms with Gasteiger partial charge in [0.05, 0.1) is 13.2 Å². The van der Waals surface area contributed by atoms with E-state index in [1.165, 1.54) is 53.6 Å². The second-order valence-corrected chi connectivity index (χ2v) is 7.91. The van der Waals surface area contributed by atoms with Gasteiger partial charge in [0.15, 0.2) is 0 Å². The number of anilines is 1. The maximum Gasteiger partial charge on any atom is 0.0642 e. The average Bonchev–Trinajstić information content (AvgIpc) is 2.64. The van der Waals surface area contributed by atoms with Crippen molar-refractivity contribution in [2.24, 2.45) is 0 Å². The van der Waals surface area contributed by atoms with Gasteiger partial charge in [0, 0.05) is 34.0 Å². The first-order valence-corrected chi connectivity index (χ1v) is 9.64. The molecule has 0 spiro atoms. The molecule has 0 N–H and O–H groups in total. The Morgan fingerprint density at radius 2 is 1.36 bits per heavy atom. The fourth-order valence-corrected chi connectivity index (χ4v) is 4.93. The highest BCUT2D eigenvalue weighted by atomic mass is 79.9. The van der Waals surface area contributed by atoms with Crippen molar-refractivity contribution < 1.29 is 4.74 Å². The molecule has 1 saturated heterocycles. The Morgan fingerprint density at radius 1 is 0.800 bits per heavy atom. The van der Waals surface area contributed by atoms with Crippen molar-refractivity contribution in [1.82, 2.24) is 0 Å². The highest BCUT2D eigenvalue weighted by Gasteiger charge is 2.19. The van der Waals surface area contributed by atoms with Gasteiger partial charge >= 0.3 is 0 Å². The van der Waals surface area contributed by atoms with E-state index in [0.29, 0.717) is 0 Å². The van der Waals surface area contributed by atoms with Gasteiger partial charge in [0.1, 0.15) is 0 Å². The molecule has 1 aliphatic rings. The molecule has 4 aromatic carbocycles. The van der Waals surface area contributed by atoms with Crippen LogP contribution in [0.25, 0.3) is 32.3 Å². The summed E-state index contributed by atoms with van der Waals surface area (Å²) in [6.07, 6.45) is 0. The number of aryl methyl sites for hydroxylation is 2. The van der Waals surface area contributed by atoms with Crippen LogP contribution in [-0.4, -0.2) is 26.3 Å². The lowest BCUT2D eigenvalue weighted by atomic mass is 9.89. The molecule has 25 heavy (non-hydrogen) atoms. The molecule has 3 heteroatoms. The van der Waals surface area contributed by atoms with E-state index in [9.17, 15) is 0 Å². The SMILES string of the molecule is Cc1cc(C)c2ccc3c(N4CCOCC4)cc(Br)c4ccc1c2c43. The number of nitrogens with zero attached hydrogens (tertiary/aromatic N) is 1. The van der Waals surface area contributed by atoms with Gasteiger partial charge in [-0.1, -0.05) is 46.3 Å². The summed E-state index contributed by atoms with van der Waals surface area (Å²) in [7, 11) is 0. The lowest BCUT2D eigenvalue weighted by Gasteiger charge is -2.31. The molecule has 0 unspecified atom stereocenters. The van der Waals surface area contributed by atoms with Crippen molar-refractivity contribution in [3.05, 3.63) is 52.0 Å². The van der Waals surface area contributed by atoms with Crippen molar-refractivity contribution in [3.63, 3.8) is 0 Å². The zero-order valence-electron chi connectivity index (χ0n) is 14.5. The molecule has 0 bridgehead atoms. The first-order chi connectivity index (χ1) is 12.1.